The molecule has 1 saturated carbocycles. The molecule has 0 saturated heterocycles. The fourth-order valence-electron chi connectivity index (χ4n) is 3.24. The van der Waals surface area contributed by atoms with E-state index in [4.69, 9.17) is 10.6 Å². The Balaban J connectivity index is 2.42. The minimum Gasteiger partial charge on any atom is -0.373 e. The summed E-state index contributed by atoms with van der Waals surface area (Å²) in [5, 5.41) is 0. The van der Waals surface area contributed by atoms with Gasteiger partial charge < -0.3 is 4.74 Å². The largest absolute Gasteiger partial charge is 0.373 e. The van der Waals surface area contributed by atoms with Crippen molar-refractivity contribution in [2.75, 3.05) is 6.61 Å². The molecule has 0 heterocycles. The van der Waals surface area contributed by atoms with E-state index in [0.717, 1.165) is 32.1 Å². The van der Waals surface area contributed by atoms with Gasteiger partial charge in [0.25, 0.3) is 0 Å². The fourth-order valence-corrected chi connectivity index (χ4v) is 3.24. The maximum atomic E-state index is 14.1. The number of nitrogens with two attached hydrogens (primary N) is 1. The lowest BCUT2D eigenvalue weighted by Gasteiger charge is -2.43. The van der Waals surface area contributed by atoms with Crippen molar-refractivity contribution in [2.45, 2.75) is 50.7 Å². The SMILES string of the molecule is CCOC1(C(NN)c2c(F)cccc2F)CCCCC1. The summed E-state index contributed by atoms with van der Waals surface area (Å²) in [6, 6.07) is 3.19. The van der Waals surface area contributed by atoms with Crippen LogP contribution in [-0.2, 0) is 4.74 Å². The summed E-state index contributed by atoms with van der Waals surface area (Å²) in [6.07, 6.45) is 4.58. The number of rotatable bonds is 5. The average molecular weight is 284 g/mol. The number of hydrazine groups is 1. The van der Waals surface area contributed by atoms with Gasteiger partial charge in [-0.3, -0.25) is 5.84 Å². The normalized spacial score (nSPS) is 19.8. The average Bonchev–Trinajstić information content (AvgIpc) is 2.44. The highest BCUT2D eigenvalue weighted by Crippen LogP contribution is 2.42. The molecular weight excluding hydrogens is 262 g/mol. The van der Waals surface area contributed by atoms with Crippen molar-refractivity contribution in [3.05, 3.63) is 35.4 Å². The topological polar surface area (TPSA) is 47.3 Å². The van der Waals surface area contributed by atoms with E-state index in [2.05, 4.69) is 5.43 Å². The summed E-state index contributed by atoms with van der Waals surface area (Å²) in [5.74, 6) is 4.45. The maximum absolute atomic E-state index is 14.1. The van der Waals surface area contributed by atoms with Gasteiger partial charge in [0.1, 0.15) is 11.6 Å². The van der Waals surface area contributed by atoms with Gasteiger partial charge >= 0.3 is 0 Å². The Morgan fingerprint density at radius 2 is 1.85 bits per heavy atom. The smallest absolute Gasteiger partial charge is 0.131 e. The molecule has 0 spiro atoms. The van der Waals surface area contributed by atoms with Gasteiger partial charge in [-0.25, -0.2) is 14.2 Å². The van der Waals surface area contributed by atoms with E-state index < -0.39 is 23.3 Å². The number of halogens is 2. The summed E-state index contributed by atoms with van der Waals surface area (Å²) in [4.78, 5) is 0. The molecule has 1 aliphatic rings. The van der Waals surface area contributed by atoms with Crippen LogP contribution in [0.3, 0.4) is 0 Å². The Bertz CT molecular complexity index is 422. The molecule has 1 aromatic carbocycles. The number of ether oxygens (including phenoxy) is 1. The molecule has 0 bridgehead atoms. The molecule has 20 heavy (non-hydrogen) atoms. The fraction of sp³-hybridized carbons (Fsp3) is 0.600. The maximum Gasteiger partial charge on any atom is 0.131 e. The molecule has 5 heteroatoms. The first-order valence-corrected chi connectivity index (χ1v) is 7.18. The minimum atomic E-state index is -0.677. The molecule has 1 aromatic rings. The van der Waals surface area contributed by atoms with Crippen LogP contribution in [0, 0.1) is 11.6 Å². The molecule has 3 N–H and O–H groups in total. The predicted molar refractivity (Wildman–Crippen MR) is 73.9 cm³/mol. The zero-order valence-electron chi connectivity index (χ0n) is 11.8. The van der Waals surface area contributed by atoms with Gasteiger partial charge in [0.05, 0.1) is 11.6 Å². The lowest BCUT2D eigenvalue weighted by atomic mass is 9.76. The summed E-state index contributed by atoms with van der Waals surface area (Å²) in [5.41, 5.74) is 1.93. The summed E-state index contributed by atoms with van der Waals surface area (Å²) in [6.45, 7) is 2.38. The third-order valence-electron chi connectivity index (χ3n) is 4.11. The summed E-state index contributed by atoms with van der Waals surface area (Å²) in [7, 11) is 0. The van der Waals surface area contributed by atoms with E-state index in [1.807, 2.05) is 6.92 Å². The van der Waals surface area contributed by atoms with E-state index in [1.54, 1.807) is 0 Å². The molecule has 112 valence electrons. The van der Waals surface area contributed by atoms with Crippen LogP contribution in [0.5, 0.6) is 0 Å². The van der Waals surface area contributed by atoms with Crippen LogP contribution in [0.2, 0.25) is 0 Å². The molecule has 1 unspecified atom stereocenters. The van der Waals surface area contributed by atoms with E-state index >= 15 is 0 Å². The Hall–Kier alpha value is -1.04. The number of nitrogens with one attached hydrogen (secondary N) is 1. The molecule has 0 aromatic heterocycles. The van der Waals surface area contributed by atoms with E-state index in [1.165, 1.54) is 18.2 Å². The highest BCUT2D eigenvalue weighted by Gasteiger charge is 2.43. The first kappa shape index (κ1) is 15.4. The lowest BCUT2D eigenvalue weighted by Crippen LogP contribution is -2.50. The monoisotopic (exact) mass is 284 g/mol. The van der Waals surface area contributed by atoms with Crippen LogP contribution in [0.4, 0.5) is 8.78 Å². The van der Waals surface area contributed by atoms with Gasteiger partial charge in [-0.1, -0.05) is 25.3 Å². The first-order valence-electron chi connectivity index (χ1n) is 7.18. The van der Waals surface area contributed by atoms with Crippen LogP contribution < -0.4 is 11.3 Å². The van der Waals surface area contributed by atoms with Gasteiger partial charge in [0.2, 0.25) is 0 Å². The molecule has 1 atom stereocenters. The second kappa shape index (κ2) is 6.61. The van der Waals surface area contributed by atoms with Crippen LogP contribution in [0.25, 0.3) is 0 Å². The Morgan fingerprint density at radius 3 is 2.35 bits per heavy atom. The molecule has 1 fully saturated rings. The Kier molecular flexibility index (Phi) is 5.07. The zero-order chi connectivity index (χ0) is 14.6. The molecule has 2 rings (SSSR count). The Morgan fingerprint density at radius 1 is 1.25 bits per heavy atom. The van der Waals surface area contributed by atoms with Crippen molar-refractivity contribution in [1.82, 2.24) is 5.43 Å². The second-order valence-corrected chi connectivity index (χ2v) is 5.29. The first-order chi connectivity index (χ1) is 9.64. The summed E-state index contributed by atoms with van der Waals surface area (Å²) >= 11 is 0. The lowest BCUT2D eigenvalue weighted by molar-refractivity contribution is -0.0926. The molecule has 0 amide bonds. The molecule has 1 aliphatic carbocycles. The van der Waals surface area contributed by atoms with Crippen molar-refractivity contribution in [2.24, 2.45) is 5.84 Å². The number of hydrogen-bond acceptors (Lipinski definition) is 3. The van der Waals surface area contributed by atoms with Crippen molar-refractivity contribution in [3.63, 3.8) is 0 Å². The zero-order valence-corrected chi connectivity index (χ0v) is 11.8. The quantitative estimate of drug-likeness (QED) is 0.645. The van der Waals surface area contributed by atoms with Crippen molar-refractivity contribution >= 4 is 0 Å². The minimum absolute atomic E-state index is 0.0228. The van der Waals surface area contributed by atoms with Gasteiger partial charge in [0, 0.05) is 12.2 Å². The van der Waals surface area contributed by atoms with Crippen LogP contribution in [0.15, 0.2) is 18.2 Å². The standard InChI is InChI=1S/C15H22F2N2O/c1-2-20-15(9-4-3-5-10-15)14(19-18)13-11(16)7-6-8-12(13)17/h6-8,14,19H,2-5,9-10,18H2,1H3. The third-order valence-corrected chi connectivity index (χ3v) is 4.11. The summed E-state index contributed by atoms with van der Waals surface area (Å²) < 4.78 is 34.0. The van der Waals surface area contributed by atoms with Crippen molar-refractivity contribution in [1.29, 1.82) is 0 Å². The van der Waals surface area contributed by atoms with E-state index in [9.17, 15) is 8.78 Å². The van der Waals surface area contributed by atoms with Crippen LogP contribution >= 0.6 is 0 Å². The van der Waals surface area contributed by atoms with Crippen LogP contribution in [0.1, 0.15) is 50.6 Å². The highest BCUT2D eigenvalue weighted by molar-refractivity contribution is 5.26. The van der Waals surface area contributed by atoms with Gasteiger partial charge in [-0.05, 0) is 31.9 Å². The third kappa shape index (κ3) is 2.85. The van der Waals surface area contributed by atoms with Crippen LogP contribution in [-0.4, -0.2) is 12.2 Å². The Labute approximate surface area is 118 Å². The molecule has 0 aliphatic heterocycles. The number of hydrogen-bond donors (Lipinski definition) is 2. The van der Waals surface area contributed by atoms with Crippen molar-refractivity contribution < 1.29 is 13.5 Å². The van der Waals surface area contributed by atoms with Gasteiger partial charge in [-0.15, -0.1) is 0 Å². The molecule has 3 nitrogen and oxygen atoms in total. The van der Waals surface area contributed by atoms with E-state index in [0.29, 0.717) is 6.61 Å². The van der Waals surface area contributed by atoms with Crippen molar-refractivity contribution in [3.8, 4) is 0 Å². The second-order valence-electron chi connectivity index (χ2n) is 5.29. The predicted octanol–water partition coefficient (Wildman–Crippen LogP) is 3.21. The molecular formula is C15H22F2N2O. The molecule has 0 radical (unpaired) electrons. The number of benzene rings is 1. The highest BCUT2D eigenvalue weighted by atomic mass is 19.1. The van der Waals surface area contributed by atoms with Gasteiger partial charge in [0.15, 0.2) is 0 Å². The van der Waals surface area contributed by atoms with E-state index in [-0.39, 0.29) is 5.56 Å². The van der Waals surface area contributed by atoms with Gasteiger partial charge in [-0.2, -0.15) is 0 Å².